The molecule has 1 aromatic rings. The zero-order chi connectivity index (χ0) is 11.9. The molecule has 86 valence electrons. The van der Waals surface area contributed by atoms with Gasteiger partial charge in [0.1, 0.15) is 5.60 Å². The fourth-order valence-corrected chi connectivity index (χ4v) is 1.23. The number of hydrogen-bond donors (Lipinski definition) is 1. The largest absolute Gasteiger partial charge is 0.435 e. The van der Waals surface area contributed by atoms with E-state index in [1.807, 2.05) is 0 Å². The van der Waals surface area contributed by atoms with Crippen LogP contribution < -0.4 is 5.90 Å². The highest BCUT2D eigenvalue weighted by atomic mass is 19.4. The summed E-state index contributed by atoms with van der Waals surface area (Å²) in [5, 5.41) is 3.35. The third kappa shape index (κ3) is 2.29. The molecule has 0 aliphatic heterocycles. The third-order valence-electron chi connectivity index (χ3n) is 2.08. The molecule has 0 atom stereocenters. The van der Waals surface area contributed by atoms with Crippen LogP contribution in [-0.4, -0.2) is 9.78 Å². The van der Waals surface area contributed by atoms with E-state index < -0.39 is 17.5 Å². The Morgan fingerprint density at radius 1 is 1.40 bits per heavy atom. The van der Waals surface area contributed by atoms with E-state index in [9.17, 15) is 13.2 Å². The average Bonchev–Trinajstić information content (AvgIpc) is 2.47. The molecule has 0 unspecified atom stereocenters. The summed E-state index contributed by atoms with van der Waals surface area (Å²) in [6.07, 6.45) is -4.46. The van der Waals surface area contributed by atoms with Gasteiger partial charge in [0.05, 0.1) is 5.69 Å². The van der Waals surface area contributed by atoms with Gasteiger partial charge in [0, 0.05) is 7.05 Å². The van der Waals surface area contributed by atoms with Crippen LogP contribution in [-0.2, 0) is 23.7 Å². The number of nitrogens with zero attached hydrogens (tertiary/aromatic N) is 2. The lowest BCUT2D eigenvalue weighted by molar-refractivity contribution is -0.141. The van der Waals surface area contributed by atoms with Gasteiger partial charge in [0.15, 0.2) is 5.69 Å². The summed E-state index contributed by atoms with van der Waals surface area (Å²) in [4.78, 5) is 4.60. The van der Waals surface area contributed by atoms with Crippen LogP contribution in [0.15, 0.2) is 6.07 Å². The quantitative estimate of drug-likeness (QED) is 0.774. The van der Waals surface area contributed by atoms with Crippen molar-refractivity contribution < 1.29 is 18.0 Å². The molecular weight excluding hydrogens is 211 g/mol. The second-order valence-corrected chi connectivity index (χ2v) is 3.66. The molecule has 2 N–H and O–H groups in total. The van der Waals surface area contributed by atoms with E-state index in [0.717, 1.165) is 10.7 Å². The van der Waals surface area contributed by atoms with E-state index in [-0.39, 0.29) is 5.69 Å². The maximum atomic E-state index is 12.3. The lowest BCUT2D eigenvalue weighted by atomic mass is 10.1. The monoisotopic (exact) mass is 223 g/mol. The first-order valence-corrected chi connectivity index (χ1v) is 4.18. The van der Waals surface area contributed by atoms with Crippen molar-refractivity contribution in [3.63, 3.8) is 0 Å². The van der Waals surface area contributed by atoms with Crippen molar-refractivity contribution >= 4 is 0 Å². The Bertz CT molecular complexity index is 357. The van der Waals surface area contributed by atoms with Crippen LogP contribution in [0.4, 0.5) is 13.2 Å². The van der Waals surface area contributed by atoms with Gasteiger partial charge in [-0.3, -0.25) is 9.52 Å². The molecule has 0 spiro atoms. The highest BCUT2D eigenvalue weighted by Crippen LogP contribution is 2.31. The Hall–Kier alpha value is -1.08. The van der Waals surface area contributed by atoms with Crippen molar-refractivity contribution in [2.45, 2.75) is 25.6 Å². The predicted molar refractivity (Wildman–Crippen MR) is 46.5 cm³/mol. The lowest BCUT2D eigenvalue weighted by Crippen LogP contribution is -2.27. The van der Waals surface area contributed by atoms with Crippen LogP contribution in [0.3, 0.4) is 0 Å². The van der Waals surface area contributed by atoms with Crippen LogP contribution in [0.2, 0.25) is 0 Å². The summed E-state index contributed by atoms with van der Waals surface area (Å²) in [5.41, 5.74) is -1.70. The molecule has 1 heterocycles. The minimum absolute atomic E-state index is 0.261. The van der Waals surface area contributed by atoms with Gasteiger partial charge in [0.2, 0.25) is 0 Å². The number of nitrogens with two attached hydrogens (primary N) is 1. The second-order valence-electron chi connectivity index (χ2n) is 3.66. The Balaban J connectivity index is 3.18. The summed E-state index contributed by atoms with van der Waals surface area (Å²) in [6.45, 7) is 3.12. The Morgan fingerprint density at radius 2 is 1.93 bits per heavy atom. The molecule has 0 bridgehead atoms. The number of halogens is 3. The normalized spacial score (nSPS) is 13.3. The van der Waals surface area contributed by atoms with E-state index in [2.05, 4.69) is 9.94 Å². The zero-order valence-corrected chi connectivity index (χ0v) is 8.59. The first kappa shape index (κ1) is 12.0. The molecule has 4 nitrogen and oxygen atoms in total. The maximum absolute atomic E-state index is 12.3. The maximum Gasteiger partial charge on any atom is 0.435 e. The Kier molecular flexibility index (Phi) is 2.79. The van der Waals surface area contributed by atoms with Gasteiger partial charge in [-0.15, -0.1) is 0 Å². The summed E-state index contributed by atoms with van der Waals surface area (Å²) in [7, 11) is 1.41. The highest BCUT2D eigenvalue weighted by Gasteiger charge is 2.37. The molecule has 1 aromatic heterocycles. The van der Waals surface area contributed by atoms with Crippen molar-refractivity contribution in [1.29, 1.82) is 0 Å². The number of hydrogen-bond acceptors (Lipinski definition) is 3. The molecule has 0 aliphatic carbocycles. The third-order valence-corrected chi connectivity index (χ3v) is 2.08. The van der Waals surface area contributed by atoms with Crippen molar-refractivity contribution in [1.82, 2.24) is 9.78 Å². The van der Waals surface area contributed by atoms with Gasteiger partial charge < -0.3 is 0 Å². The summed E-state index contributed by atoms with van der Waals surface area (Å²) >= 11 is 0. The van der Waals surface area contributed by atoms with Crippen molar-refractivity contribution in [2.75, 3.05) is 0 Å². The van der Waals surface area contributed by atoms with Crippen molar-refractivity contribution in [2.24, 2.45) is 12.9 Å². The predicted octanol–water partition coefficient (Wildman–Crippen LogP) is 1.56. The van der Waals surface area contributed by atoms with Gasteiger partial charge in [-0.2, -0.15) is 18.3 Å². The van der Waals surface area contributed by atoms with Gasteiger partial charge >= 0.3 is 6.18 Å². The zero-order valence-electron chi connectivity index (χ0n) is 8.59. The molecular formula is C8H12F3N3O. The van der Waals surface area contributed by atoms with Gasteiger partial charge in [-0.1, -0.05) is 0 Å². The number of aryl methyl sites for hydroxylation is 1. The first-order valence-electron chi connectivity index (χ1n) is 4.18. The average molecular weight is 223 g/mol. The molecule has 0 saturated carbocycles. The van der Waals surface area contributed by atoms with Crippen LogP contribution in [0, 0.1) is 0 Å². The first-order chi connectivity index (χ1) is 6.68. The van der Waals surface area contributed by atoms with E-state index in [0.29, 0.717) is 0 Å². The highest BCUT2D eigenvalue weighted by molar-refractivity contribution is 5.18. The molecule has 0 aromatic carbocycles. The molecule has 0 aliphatic rings. The minimum atomic E-state index is -4.46. The smallest absolute Gasteiger partial charge is 0.292 e. The molecule has 0 saturated heterocycles. The van der Waals surface area contributed by atoms with Gasteiger partial charge in [-0.25, -0.2) is 5.90 Å². The van der Waals surface area contributed by atoms with Gasteiger partial charge in [0.25, 0.3) is 0 Å². The van der Waals surface area contributed by atoms with Crippen LogP contribution in [0.5, 0.6) is 0 Å². The van der Waals surface area contributed by atoms with E-state index in [1.54, 1.807) is 13.8 Å². The molecule has 0 amide bonds. The topological polar surface area (TPSA) is 53.1 Å². The number of aromatic nitrogens is 2. The fraction of sp³-hybridized carbons (Fsp3) is 0.625. The Morgan fingerprint density at radius 3 is 2.27 bits per heavy atom. The summed E-state index contributed by atoms with van der Waals surface area (Å²) < 4.78 is 38.1. The van der Waals surface area contributed by atoms with Crippen LogP contribution in [0.1, 0.15) is 25.2 Å². The van der Waals surface area contributed by atoms with Crippen molar-refractivity contribution in [3.05, 3.63) is 17.5 Å². The second kappa shape index (κ2) is 3.49. The summed E-state index contributed by atoms with van der Waals surface area (Å²) in [5.74, 6) is 5.00. The molecule has 7 heteroatoms. The Labute approximate surface area is 84.8 Å². The van der Waals surface area contributed by atoms with Crippen LogP contribution >= 0.6 is 0 Å². The molecule has 0 radical (unpaired) electrons. The number of rotatable bonds is 2. The van der Waals surface area contributed by atoms with Gasteiger partial charge in [-0.05, 0) is 19.9 Å². The number of alkyl halides is 3. The fourth-order valence-electron chi connectivity index (χ4n) is 1.23. The van der Waals surface area contributed by atoms with E-state index >= 15 is 0 Å². The summed E-state index contributed by atoms with van der Waals surface area (Å²) in [6, 6.07) is 0.923. The molecule has 15 heavy (non-hydrogen) atoms. The van der Waals surface area contributed by atoms with E-state index in [1.165, 1.54) is 7.05 Å². The van der Waals surface area contributed by atoms with E-state index in [4.69, 9.17) is 5.90 Å². The SMILES string of the molecule is Cn1nc(C(F)(F)F)cc1C(C)(C)ON. The molecule has 1 rings (SSSR count). The molecule has 0 fully saturated rings. The van der Waals surface area contributed by atoms with Crippen molar-refractivity contribution in [3.8, 4) is 0 Å². The standard InChI is InChI=1S/C8H12F3N3O/c1-7(2,15-12)6-4-5(8(9,10)11)13-14(6)3/h4H,12H2,1-3H3. The minimum Gasteiger partial charge on any atom is -0.292 e. The lowest BCUT2D eigenvalue weighted by Gasteiger charge is -2.21. The van der Waals surface area contributed by atoms with Crippen LogP contribution in [0.25, 0.3) is 0 Å².